The molecule has 0 saturated heterocycles. The zero-order valence-electron chi connectivity index (χ0n) is 10.6. The van der Waals surface area contributed by atoms with Crippen molar-refractivity contribution in [3.63, 3.8) is 0 Å². The van der Waals surface area contributed by atoms with Crippen LogP contribution in [0, 0.1) is 0 Å². The predicted octanol–water partition coefficient (Wildman–Crippen LogP) is 1.61. The summed E-state index contributed by atoms with van der Waals surface area (Å²) in [7, 11) is 1.88. The van der Waals surface area contributed by atoms with Crippen molar-refractivity contribution in [2.75, 3.05) is 5.32 Å². The second-order valence-corrected chi connectivity index (χ2v) is 4.22. The zero-order valence-corrected chi connectivity index (χ0v) is 10.6. The molecular formula is C13H14N6. The Labute approximate surface area is 110 Å². The smallest absolute Gasteiger partial charge is 0.0991 e. The Morgan fingerprint density at radius 2 is 2.26 bits per heavy atom. The Kier molecular flexibility index (Phi) is 2.97. The van der Waals surface area contributed by atoms with Crippen LogP contribution in [0.5, 0.6) is 0 Å². The van der Waals surface area contributed by atoms with E-state index in [2.05, 4.69) is 26.7 Å². The van der Waals surface area contributed by atoms with Crippen LogP contribution in [-0.4, -0.2) is 24.5 Å². The molecule has 0 bridgehead atoms. The summed E-state index contributed by atoms with van der Waals surface area (Å²) in [6.45, 7) is 0.691. The number of hydrogen-bond acceptors (Lipinski definition) is 4. The molecule has 1 N–H and O–H groups in total. The van der Waals surface area contributed by atoms with Crippen molar-refractivity contribution in [3.8, 4) is 5.69 Å². The van der Waals surface area contributed by atoms with E-state index < -0.39 is 0 Å². The lowest BCUT2D eigenvalue weighted by Gasteiger charge is -2.08. The van der Waals surface area contributed by atoms with Crippen LogP contribution >= 0.6 is 0 Å². The van der Waals surface area contributed by atoms with Crippen molar-refractivity contribution in [2.24, 2.45) is 7.05 Å². The second-order valence-electron chi connectivity index (χ2n) is 4.22. The van der Waals surface area contributed by atoms with Crippen molar-refractivity contribution in [3.05, 3.63) is 54.9 Å². The van der Waals surface area contributed by atoms with E-state index in [-0.39, 0.29) is 0 Å². The van der Waals surface area contributed by atoms with Crippen LogP contribution < -0.4 is 5.32 Å². The molecule has 2 aromatic heterocycles. The lowest BCUT2D eigenvalue weighted by Crippen LogP contribution is -2.05. The maximum absolute atomic E-state index is 4.05. The first-order valence-electron chi connectivity index (χ1n) is 5.99. The standard InChI is InChI=1S/C13H14N6/c1-18-13(9-16-17-18)8-15-11-3-2-4-12(7-11)19-6-5-14-10-19/h2-7,9-10,15H,8H2,1H3. The zero-order chi connectivity index (χ0) is 13.1. The minimum atomic E-state index is 0.691. The maximum atomic E-state index is 4.05. The number of benzene rings is 1. The molecule has 96 valence electrons. The summed E-state index contributed by atoms with van der Waals surface area (Å²) in [6, 6.07) is 8.16. The van der Waals surface area contributed by atoms with Crippen molar-refractivity contribution in [2.45, 2.75) is 6.54 Å². The molecule has 0 fully saturated rings. The minimum Gasteiger partial charge on any atom is -0.379 e. The van der Waals surface area contributed by atoms with E-state index in [1.165, 1.54) is 0 Å². The van der Waals surface area contributed by atoms with Gasteiger partial charge in [0.05, 0.1) is 24.8 Å². The molecule has 3 rings (SSSR count). The lowest BCUT2D eigenvalue weighted by molar-refractivity contribution is 0.683. The Hall–Kier alpha value is -2.63. The van der Waals surface area contributed by atoms with E-state index in [1.807, 2.05) is 36.0 Å². The Morgan fingerprint density at radius 1 is 1.32 bits per heavy atom. The molecule has 19 heavy (non-hydrogen) atoms. The third-order valence-electron chi connectivity index (χ3n) is 2.93. The largest absolute Gasteiger partial charge is 0.379 e. The molecule has 2 heterocycles. The van der Waals surface area contributed by atoms with E-state index >= 15 is 0 Å². The minimum absolute atomic E-state index is 0.691. The van der Waals surface area contributed by atoms with Crippen LogP contribution in [0.25, 0.3) is 5.69 Å². The normalized spacial score (nSPS) is 10.6. The number of anilines is 1. The maximum Gasteiger partial charge on any atom is 0.0991 e. The molecule has 0 aliphatic rings. The molecule has 3 aromatic rings. The number of aromatic nitrogens is 5. The van der Waals surface area contributed by atoms with E-state index in [9.17, 15) is 0 Å². The van der Waals surface area contributed by atoms with Crippen LogP contribution in [-0.2, 0) is 13.6 Å². The van der Waals surface area contributed by atoms with E-state index in [4.69, 9.17) is 0 Å². The van der Waals surface area contributed by atoms with E-state index in [0.29, 0.717) is 6.54 Å². The van der Waals surface area contributed by atoms with Crippen LogP contribution in [0.4, 0.5) is 5.69 Å². The fourth-order valence-corrected chi connectivity index (χ4v) is 1.85. The van der Waals surface area contributed by atoms with E-state index in [1.54, 1.807) is 23.4 Å². The molecular weight excluding hydrogens is 240 g/mol. The molecule has 0 atom stereocenters. The third kappa shape index (κ3) is 2.47. The molecule has 0 amide bonds. The average Bonchev–Trinajstić information content (AvgIpc) is 3.08. The molecule has 0 unspecified atom stereocenters. The molecule has 0 radical (unpaired) electrons. The fourth-order valence-electron chi connectivity index (χ4n) is 1.85. The number of imidazole rings is 1. The van der Waals surface area contributed by atoms with Crippen molar-refractivity contribution in [1.82, 2.24) is 24.5 Å². The van der Waals surface area contributed by atoms with Gasteiger partial charge >= 0.3 is 0 Å². The van der Waals surface area contributed by atoms with Crippen LogP contribution in [0.1, 0.15) is 5.69 Å². The highest BCUT2D eigenvalue weighted by Crippen LogP contribution is 2.15. The monoisotopic (exact) mass is 254 g/mol. The Bertz CT molecular complexity index is 655. The van der Waals surface area contributed by atoms with Crippen LogP contribution in [0.15, 0.2) is 49.2 Å². The van der Waals surface area contributed by atoms with Crippen molar-refractivity contribution in [1.29, 1.82) is 0 Å². The fraction of sp³-hybridized carbons (Fsp3) is 0.154. The summed E-state index contributed by atoms with van der Waals surface area (Å²) in [5.74, 6) is 0. The first kappa shape index (κ1) is 11.5. The van der Waals surface area contributed by atoms with Gasteiger partial charge in [-0.15, -0.1) is 5.10 Å². The first-order chi connectivity index (χ1) is 9.33. The van der Waals surface area contributed by atoms with Crippen LogP contribution in [0.2, 0.25) is 0 Å². The van der Waals surface area contributed by atoms with Gasteiger partial charge in [0, 0.05) is 30.8 Å². The number of nitrogens with zero attached hydrogens (tertiary/aromatic N) is 5. The molecule has 0 spiro atoms. The summed E-state index contributed by atoms with van der Waals surface area (Å²) >= 11 is 0. The quantitative estimate of drug-likeness (QED) is 0.768. The highest BCUT2D eigenvalue weighted by molar-refractivity contribution is 5.51. The summed E-state index contributed by atoms with van der Waals surface area (Å²) in [6.07, 6.45) is 7.22. The number of rotatable bonds is 4. The van der Waals surface area contributed by atoms with Gasteiger partial charge < -0.3 is 9.88 Å². The third-order valence-corrected chi connectivity index (χ3v) is 2.93. The second kappa shape index (κ2) is 4.93. The SMILES string of the molecule is Cn1nncc1CNc1cccc(-n2ccnc2)c1. The highest BCUT2D eigenvalue weighted by Gasteiger charge is 2.01. The van der Waals surface area contributed by atoms with E-state index in [0.717, 1.165) is 17.1 Å². The van der Waals surface area contributed by atoms with Gasteiger partial charge in [-0.2, -0.15) is 0 Å². The molecule has 0 aliphatic carbocycles. The van der Waals surface area contributed by atoms with Gasteiger partial charge in [0.15, 0.2) is 0 Å². The van der Waals surface area contributed by atoms with Gasteiger partial charge in [0.25, 0.3) is 0 Å². The average molecular weight is 254 g/mol. The first-order valence-corrected chi connectivity index (χ1v) is 5.99. The van der Waals surface area contributed by atoms with Gasteiger partial charge in [-0.25, -0.2) is 4.98 Å². The van der Waals surface area contributed by atoms with Gasteiger partial charge in [-0.3, -0.25) is 4.68 Å². The van der Waals surface area contributed by atoms with Crippen LogP contribution in [0.3, 0.4) is 0 Å². The summed E-state index contributed by atoms with van der Waals surface area (Å²) in [4.78, 5) is 4.05. The summed E-state index contributed by atoms with van der Waals surface area (Å²) in [5, 5.41) is 11.1. The Morgan fingerprint density at radius 3 is 3.00 bits per heavy atom. The van der Waals surface area contributed by atoms with Crippen molar-refractivity contribution < 1.29 is 0 Å². The molecule has 1 aromatic carbocycles. The van der Waals surface area contributed by atoms with Gasteiger partial charge in [0.1, 0.15) is 0 Å². The lowest BCUT2D eigenvalue weighted by atomic mass is 10.2. The molecule has 6 heteroatoms. The number of hydrogen-bond donors (Lipinski definition) is 1. The molecule has 6 nitrogen and oxygen atoms in total. The molecule has 0 aliphatic heterocycles. The van der Waals surface area contributed by atoms with Crippen molar-refractivity contribution >= 4 is 5.69 Å². The molecule has 0 saturated carbocycles. The Balaban J connectivity index is 1.75. The number of aryl methyl sites for hydroxylation is 1. The summed E-state index contributed by atoms with van der Waals surface area (Å²) in [5.41, 5.74) is 3.16. The highest BCUT2D eigenvalue weighted by atomic mass is 15.4. The topological polar surface area (TPSA) is 60.6 Å². The number of nitrogens with one attached hydrogen (secondary N) is 1. The van der Waals surface area contributed by atoms with Gasteiger partial charge in [0.2, 0.25) is 0 Å². The van der Waals surface area contributed by atoms with Gasteiger partial charge in [-0.05, 0) is 18.2 Å². The van der Waals surface area contributed by atoms with Gasteiger partial charge in [-0.1, -0.05) is 11.3 Å². The summed E-state index contributed by atoms with van der Waals surface area (Å²) < 4.78 is 3.73. The predicted molar refractivity (Wildman–Crippen MR) is 71.9 cm³/mol.